The SMILES string of the molecule is CCCCOc1ccc(C=C2C(=O)NC(=O)N(c3ccc(OCCC)c(OC)c3)C2=O)cc1OCC. The number of barbiturate groups is 1. The molecule has 1 aliphatic rings. The Morgan fingerprint density at radius 3 is 2.25 bits per heavy atom. The largest absolute Gasteiger partial charge is 0.493 e. The van der Waals surface area contributed by atoms with E-state index in [1.165, 1.54) is 19.3 Å². The molecule has 1 heterocycles. The van der Waals surface area contributed by atoms with Gasteiger partial charge in [0.05, 0.1) is 32.6 Å². The van der Waals surface area contributed by atoms with Gasteiger partial charge in [0.1, 0.15) is 5.57 Å². The molecule has 1 saturated heterocycles. The van der Waals surface area contributed by atoms with Gasteiger partial charge in [0.15, 0.2) is 23.0 Å². The maximum Gasteiger partial charge on any atom is 0.335 e. The van der Waals surface area contributed by atoms with Crippen molar-refractivity contribution in [2.45, 2.75) is 40.0 Å². The predicted molar refractivity (Wildman–Crippen MR) is 136 cm³/mol. The summed E-state index contributed by atoms with van der Waals surface area (Å²) in [5, 5.41) is 2.23. The maximum absolute atomic E-state index is 13.3. The van der Waals surface area contributed by atoms with E-state index in [1.54, 1.807) is 30.3 Å². The fourth-order valence-electron chi connectivity index (χ4n) is 3.51. The third-order valence-corrected chi connectivity index (χ3v) is 5.30. The van der Waals surface area contributed by atoms with Crippen molar-refractivity contribution >= 4 is 29.6 Å². The number of rotatable bonds is 12. The van der Waals surface area contributed by atoms with Gasteiger partial charge in [-0.3, -0.25) is 14.9 Å². The molecule has 1 N–H and O–H groups in total. The second-order valence-electron chi connectivity index (χ2n) is 7.98. The van der Waals surface area contributed by atoms with Crippen molar-refractivity contribution in [1.29, 1.82) is 0 Å². The molecule has 4 amide bonds. The molecule has 0 atom stereocenters. The summed E-state index contributed by atoms with van der Waals surface area (Å²) < 4.78 is 22.5. The minimum absolute atomic E-state index is 0.193. The van der Waals surface area contributed by atoms with E-state index in [-0.39, 0.29) is 11.3 Å². The zero-order valence-corrected chi connectivity index (χ0v) is 21.1. The van der Waals surface area contributed by atoms with Crippen LogP contribution >= 0.6 is 0 Å². The average molecular weight is 497 g/mol. The second-order valence-corrected chi connectivity index (χ2v) is 7.98. The van der Waals surface area contributed by atoms with E-state index >= 15 is 0 Å². The highest BCUT2D eigenvalue weighted by atomic mass is 16.5. The van der Waals surface area contributed by atoms with Crippen molar-refractivity contribution in [1.82, 2.24) is 5.32 Å². The van der Waals surface area contributed by atoms with Crippen LogP contribution < -0.4 is 29.2 Å². The number of imide groups is 2. The minimum Gasteiger partial charge on any atom is -0.493 e. The van der Waals surface area contributed by atoms with Gasteiger partial charge < -0.3 is 18.9 Å². The summed E-state index contributed by atoms with van der Waals surface area (Å²) in [6, 6.07) is 9.01. The number of hydrogen-bond acceptors (Lipinski definition) is 7. The lowest BCUT2D eigenvalue weighted by Crippen LogP contribution is -2.54. The highest BCUT2D eigenvalue weighted by molar-refractivity contribution is 6.39. The summed E-state index contributed by atoms with van der Waals surface area (Å²) in [6.45, 7) is 7.38. The van der Waals surface area contributed by atoms with E-state index in [1.807, 2.05) is 13.8 Å². The topological polar surface area (TPSA) is 103 Å². The highest BCUT2D eigenvalue weighted by Crippen LogP contribution is 2.34. The first-order valence-electron chi connectivity index (χ1n) is 12.0. The van der Waals surface area contributed by atoms with E-state index in [0.29, 0.717) is 48.4 Å². The van der Waals surface area contributed by atoms with Gasteiger partial charge in [-0.15, -0.1) is 0 Å². The van der Waals surface area contributed by atoms with Crippen molar-refractivity contribution in [2.24, 2.45) is 0 Å². The molecule has 0 aromatic heterocycles. The Hall–Kier alpha value is -4.01. The normalized spacial score (nSPS) is 14.6. The van der Waals surface area contributed by atoms with E-state index in [9.17, 15) is 14.4 Å². The van der Waals surface area contributed by atoms with E-state index < -0.39 is 17.8 Å². The smallest absolute Gasteiger partial charge is 0.335 e. The molecule has 36 heavy (non-hydrogen) atoms. The molecule has 1 fully saturated rings. The quantitative estimate of drug-likeness (QED) is 0.257. The lowest BCUT2D eigenvalue weighted by atomic mass is 10.1. The van der Waals surface area contributed by atoms with Crippen molar-refractivity contribution < 1.29 is 33.3 Å². The number of benzene rings is 2. The number of anilines is 1. The van der Waals surface area contributed by atoms with Crippen molar-refractivity contribution in [3.63, 3.8) is 0 Å². The summed E-state index contributed by atoms with van der Waals surface area (Å²) in [5.41, 5.74) is 0.600. The Balaban J connectivity index is 1.93. The number of unbranched alkanes of at least 4 members (excludes halogenated alkanes) is 1. The molecule has 0 saturated carbocycles. The van der Waals surface area contributed by atoms with Crippen LogP contribution in [0.4, 0.5) is 10.5 Å². The Bertz CT molecular complexity index is 1140. The third-order valence-electron chi connectivity index (χ3n) is 5.30. The number of nitrogens with zero attached hydrogens (tertiary/aromatic N) is 1. The van der Waals surface area contributed by atoms with Crippen LogP contribution in [0, 0.1) is 0 Å². The molecular formula is C27H32N2O7. The van der Waals surface area contributed by atoms with Crippen LogP contribution in [0.25, 0.3) is 6.08 Å². The number of methoxy groups -OCH3 is 1. The molecule has 2 aromatic carbocycles. The molecule has 0 bridgehead atoms. The third kappa shape index (κ3) is 6.16. The number of amides is 4. The fourth-order valence-corrected chi connectivity index (χ4v) is 3.51. The first-order chi connectivity index (χ1) is 17.4. The number of urea groups is 1. The molecule has 2 aromatic rings. The average Bonchev–Trinajstić information content (AvgIpc) is 2.87. The number of carbonyl (C=O) groups is 3. The van der Waals surface area contributed by atoms with Gasteiger partial charge in [-0.05, 0) is 55.7 Å². The summed E-state index contributed by atoms with van der Waals surface area (Å²) in [6.07, 6.45) is 4.14. The molecule has 0 radical (unpaired) electrons. The van der Waals surface area contributed by atoms with Crippen LogP contribution in [0.5, 0.6) is 23.0 Å². The first-order valence-corrected chi connectivity index (χ1v) is 12.0. The monoisotopic (exact) mass is 496 g/mol. The summed E-state index contributed by atoms with van der Waals surface area (Å²) >= 11 is 0. The van der Waals surface area contributed by atoms with E-state index in [0.717, 1.165) is 24.2 Å². The lowest BCUT2D eigenvalue weighted by molar-refractivity contribution is -0.122. The van der Waals surface area contributed by atoms with Gasteiger partial charge in [0, 0.05) is 6.07 Å². The summed E-state index contributed by atoms with van der Waals surface area (Å²) in [7, 11) is 1.47. The molecule has 9 nitrogen and oxygen atoms in total. The molecule has 192 valence electrons. The summed E-state index contributed by atoms with van der Waals surface area (Å²) in [5.74, 6) is 0.410. The van der Waals surface area contributed by atoms with Crippen LogP contribution in [-0.4, -0.2) is 44.8 Å². The minimum atomic E-state index is -0.846. The highest BCUT2D eigenvalue weighted by Gasteiger charge is 2.37. The zero-order valence-electron chi connectivity index (χ0n) is 21.1. The standard InChI is InChI=1S/C27H32N2O7/c1-5-8-14-36-22-11-9-18(16-24(22)34-7-3)15-20-25(30)28-27(32)29(26(20)31)19-10-12-21(35-13-6-2)23(17-19)33-4/h9-12,15-17H,5-8,13-14H2,1-4H3,(H,28,30,32). The Kier molecular flexibility index (Phi) is 9.32. The van der Waals surface area contributed by atoms with Gasteiger partial charge in [-0.2, -0.15) is 0 Å². The van der Waals surface area contributed by atoms with Gasteiger partial charge in [0.25, 0.3) is 11.8 Å². The van der Waals surface area contributed by atoms with Crippen LogP contribution in [0.15, 0.2) is 42.0 Å². The van der Waals surface area contributed by atoms with Gasteiger partial charge >= 0.3 is 6.03 Å². The van der Waals surface area contributed by atoms with Crippen LogP contribution in [0.1, 0.15) is 45.6 Å². The van der Waals surface area contributed by atoms with Crippen molar-refractivity contribution in [3.05, 3.63) is 47.5 Å². The Morgan fingerprint density at radius 1 is 0.833 bits per heavy atom. The van der Waals surface area contributed by atoms with Crippen LogP contribution in [0.3, 0.4) is 0 Å². The number of carbonyl (C=O) groups excluding carboxylic acids is 3. The first kappa shape index (κ1) is 26.6. The lowest BCUT2D eigenvalue weighted by Gasteiger charge is -2.27. The fraction of sp³-hybridized carbons (Fsp3) is 0.370. The number of nitrogens with one attached hydrogen (secondary N) is 1. The number of ether oxygens (including phenoxy) is 4. The molecular weight excluding hydrogens is 464 g/mol. The molecule has 0 unspecified atom stereocenters. The van der Waals surface area contributed by atoms with Gasteiger partial charge in [0.2, 0.25) is 0 Å². The molecule has 9 heteroatoms. The number of hydrogen-bond donors (Lipinski definition) is 1. The molecule has 1 aliphatic heterocycles. The maximum atomic E-state index is 13.3. The van der Waals surface area contributed by atoms with Crippen LogP contribution in [-0.2, 0) is 9.59 Å². The Morgan fingerprint density at radius 2 is 1.56 bits per heavy atom. The summed E-state index contributed by atoms with van der Waals surface area (Å²) in [4.78, 5) is 39.4. The van der Waals surface area contributed by atoms with E-state index in [4.69, 9.17) is 18.9 Å². The van der Waals surface area contributed by atoms with Crippen LogP contribution in [0.2, 0.25) is 0 Å². The Labute approximate surface area is 211 Å². The van der Waals surface area contributed by atoms with Gasteiger partial charge in [-0.1, -0.05) is 26.3 Å². The second kappa shape index (κ2) is 12.6. The molecule has 0 aliphatic carbocycles. The van der Waals surface area contributed by atoms with Gasteiger partial charge in [-0.25, -0.2) is 9.69 Å². The predicted octanol–water partition coefficient (Wildman–Crippen LogP) is 4.73. The van der Waals surface area contributed by atoms with E-state index in [2.05, 4.69) is 12.2 Å². The molecule has 0 spiro atoms. The zero-order chi connectivity index (χ0) is 26.1. The molecule has 3 rings (SSSR count). The van der Waals surface area contributed by atoms with Crippen molar-refractivity contribution in [2.75, 3.05) is 31.8 Å². The van der Waals surface area contributed by atoms with Crippen molar-refractivity contribution in [3.8, 4) is 23.0 Å².